The van der Waals surface area contributed by atoms with Gasteiger partial charge in [-0.15, -0.1) is 11.3 Å². The third kappa shape index (κ3) is 3.91. The van der Waals surface area contributed by atoms with Crippen LogP contribution < -0.4 is 10.9 Å². The third-order valence-electron chi connectivity index (χ3n) is 4.11. The van der Waals surface area contributed by atoms with Crippen LogP contribution in [0, 0.1) is 11.2 Å². The van der Waals surface area contributed by atoms with Gasteiger partial charge in [0.25, 0.3) is 5.56 Å². The Labute approximate surface area is 170 Å². The number of thiophene rings is 1. The molecule has 0 aliphatic heterocycles. The molecule has 1 amide bonds. The number of nitrogens with one attached hydrogen (secondary N) is 1. The Kier molecular flexibility index (Phi) is 5.52. The molecule has 0 saturated heterocycles. The fourth-order valence-corrected chi connectivity index (χ4v) is 3.50. The van der Waals surface area contributed by atoms with Crippen molar-refractivity contribution in [1.29, 1.82) is 0 Å². The number of rotatable bonds is 4. The molecule has 29 heavy (non-hydrogen) atoms. The molecule has 1 N–H and O–H groups in total. The van der Waals surface area contributed by atoms with E-state index in [2.05, 4.69) is 10.4 Å². The molecule has 0 bridgehead atoms. The van der Waals surface area contributed by atoms with Crippen molar-refractivity contribution in [1.82, 2.24) is 9.78 Å². The summed E-state index contributed by atoms with van der Waals surface area (Å²) in [6.45, 7) is 6.97. The molecular formula is C20H20FN3O4S. The molecule has 152 valence electrons. The van der Waals surface area contributed by atoms with Crippen LogP contribution in [0.5, 0.6) is 0 Å². The smallest absolute Gasteiger partial charge is 0.359 e. The van der Waals surface area contributed by atoms with E-state index in [1.54, 1.807) is 39.1 Å². The van der Waals surface area contributed by atoms with Crippen molar-refractivity contribution in [3.63, 3.8) is 0 Å². The van der Waals surface area contributed by atoms with E-state index in [1.807, 2.05) is 0 Å². The zero-order chi connectivity index (χ0) is 21.3. The second kappa shape index (κ2) is 7.75. The summed E-state index contributed by atoms with van der Waals surface area (Å²) in [6.07, 6.45) is 0. The molecule has 3 rings (SSSR count). The van der Waals surface area contributed by atoms with E-state index in [-0.39, 0.29) is 39.7 Å². The number of carbonyl (C=O) groups is 2. The van der Waals surface area contributed by atoms with Crippen LogP contribution in [0.25, 0.3) is 16.5 Å². The highest BCUT2D eigenvalue weighted by Gasteiger charge is 2.26. The van der Waals surface area contributed by atoms with Gasteiger partial charge in [0, 0.05) is 16.2 Å². The number of para-hydroxylation sites is 1. The number of carbonyl (C=O) groups excluding carboxylic acids is 2. The number of nitrogens with zero attached hydrogens (tertiary/aromatic N) is 2. The lowest BCUT2D eigenvalue weighted by molar-refractivity contribution is -0.123. The minimum Gasteiger partial charge on any atom is -0.461 e. The van der Waals surface area contributed by atoms with E-state index in [4.69, 9.17) is 4.74 Å². The van der Waals surface area contributed by atoms with Gasteiger partial charge in [0.2, 0.25) is 5.91 Å². The predicted octanol–water partition coefficient (Wildman–Crippen LogP) is 3.75. The molecule has 0 atom stereocenters. The molecule has 0 fully saturated rings. The number of ether oxygens (including phenoxy) is 1. The summed E-state index contributed by atoms with van der Waals surface area (Å²) < 4.78 is 20.2. The number of halogens is 1. The molecule has 7 nitrogen and oxygen atoms in total. The van der Waals surface area contributed by atoms with Gasteiger partial charge in [0.1, 0.15) is 16.5 Å². The minimum atomic E-state index is -0.742. The summed E-state index contributed by atoms with van der Waals surface area (Å²) in [4.78, 5) is 38.1. The lowest BCUT2D eigenvalue weighted by atomic mass is 9.96. The Hall–Kier alpha value is -3.07. The van der Waals surface area contributed by atoms with Gasteiger partial charge in [-0.1, -0.05) is 32.9 Å². The predicted molar refractivity (Wildman–Crippen MR) is 109 cm³/mol. The first kappa shape index (κ1) is 20.7. The third-order valence-corrected chi connectivity index (χ3v) is 5.01. The lowest BCUT2D eigenvalue weighted by Crippen LogP contribution is -2.29. The van der Waals surface area contributed by atoms with Crippen LogP contribution in [-0.4, -0.2) is 28.3 Å². The molecule has 0 saturated carbocycles. The second-order valence-electron chi connectivity index (χ2n) is 7.30. The number of esters is 1. The summed E-state index contributed by atoms with van der Waals surface area (Å²) in [5.74, 6) is -1.71. The highest BCUT2D eigenvalue weighted by atomic mass is 32.1. The molecule has 0 aliphatic carbocycles. The SMILES string of the molecule is CCOC(=O)c1nn(-c2ccccc2F)c(=O)c2c(NC(=O)C(C)(C)C)scc12. The van der Waals surface area contributed by atoms with Crippen molar-refractivity contribution >= 4 is 39.0 Å². The maximum atomic E-state index is 14.3. The molecule has 0 radical (unpaired) electrons. The first-order valence-corrected chi connectivity index (χ1v) is 9.81. The Morgan fingerprint density at radius 1 is 1.28 bits per heavy atom. The number of fused-ring (bicyclic) bond motifs is 1. The van der Waals surface area contributed by atoms with E-state index in [0.717, 1.165) is 16.0 Å². The Bertz CT molecular complexity index is 1160. The fraction of sp³-hybridized carbons (Fsp3) is 0.300. The molecule has 2 aromatic heterocycles. The van der Waals surface area contributed by atoms with Crippen LogP contribution in [0.3, 0.4) is 0 Å². The van der Waals surface area contributed by atoms with Crippen molar-refractivity contribution in [2.75, 3.05) is 11.9 Å². The van der Waals surface area contributed by atoms with Crippen molar-refractivity contribution in [2.24, 2.45) is 5.41 Å². The molecule has 0 aliphatic rings. The van der Waals surface area contributed by atoms with Gasteiger partial charge in [-0.2, -0.15) is 9.78 Å². The molecular weight excluding hydrogens is 397 g/mol. The van der Waals surface area contributed by atoms with Gasteiger partial charge in [0.15, 0.2) is 5.69 Å². The van der Waals surface area contributed by atoms with E-state index in [0.29, 0.717) is 0 Å². The van der Waals surface area contributed by atoms with Crippen molar-refractivity contribution in [3.05, 3.63) is 51.5 Å². The summed E-state index contributed by atoms with van der Waals surface area (Å²) in [5, 5.41) is 8.95. The van der Waals surface area contributed by atoms with Gasteiger partial charge >= 0.3 is 5.97 Å². The minimum absolute atomic E-state index is 0.0777. The number of amides is 1. The monoisotopic (exact) mass is 417 g/mol. The molecule has 0 unspecified atom stereocenters. The lowest BCUT2D eigenvalue weighted by Gasteiger charge is -2.17. The largest absolute Gasteiger partial charge is 0.461 e. The van der Waals surface area contributed by atoms with Crippen LogP contribution in [0.15, 0.2) is 34.4 Å². The average Bonchev–Trinajstić information content (AvgIpc) is 3.06. The zero-order valence-electron chi connectivity index (χ0n) is 16.4. The molecule has 2 heterocycles. The van der Waals surface area contributed by atoms with Gasteiger partial charge in [-0.05, 0) is 19.1 Å². The summed E-state index contributed by atoms with van der Waals surface area (Å²) in [5.41, 5.74) is -1.58. The van der Waals surface area contributed by atoms with Crippen LogP contribution in [0.1, 0.15) is 38.2 Å². The van der Waals surface area contributed by atoms with Gasteiger partial charge in [-0.3, -0.25) is 9.59 Å². The first-order valence-electron chi connectivity index (χ1n) is 8.93. The number of aromatic nitrogens is 2. The molecule has 0 spiro atoms. The Morgan fingerprint density at radius 3 is 2.59 bits per heavy atom. The molecule has 3 aromatic rings. The summed E-state index contributed by atoms with van der Waals surface area (Å²) in [6, 6.07) is 5.60. The number of hydrogen-bond donors (Lipinski definition) is 1. The van der Waals surface area contributed by atoms with Crippen LogP contribution >= 0.6 is 11.3 Å². The quantitative estimate of drug-likeness (QED) is 0.653. The standard InChI is InChI=1S/C20H20FN3O4S/c1-5-28-18(26)15-11-10-29-16(22-19(27)20(2,3)4)14(11)17(25)24(23-15)13-9-7-6-8-12(13)21/h6-10H,5H2,1-4H3,(H,22,27). The Morgan fingerprint density at radius 2 is 1.97 bits per heavy atom. The van der Waals surface area contributed by atoms with Crippen molar-refractivity contribution < 1.29 is 18.7 Å². The number of benzene rings is 1. The highest BCUT2D eigenvalue weighted by Crippen LogP contribution is 2.32. The first-order chi connectivity index (χ1) is 13.6. The van der Waals surface area contributed by atoms with Crippen LogP contribution in [-0.2, 0) is 9.53 Å². The average molecular weight is 417 g/mol. The van der Waals surface area contributed by atoms with E-state index < -0.39 is 22.8 Å². The maximum Gasteiger partial charge on any atom is 0.359 e. The van der Waals surface area contributed by atoms with Crippen LogP contribution in [0.4, 0.5) is 9.39 Å². The summed E-state index contributed by atoms with van der Waals surface area (Å²) in [7, 11) is 0. The van der Waals surface area contributed by atoms with Gasteiger partial charge in [0.05, 0.1) is 12.0 Å². The van der Waals surface area contributed by atoms with Gasteiger partial charge < -0.3 is 10.1 Å². The maximum absolute atomic E-state index is 14.3. The van der Waals surface area contributed by atoms with E-state index in [1.165, 1.54) is 18.2 Å². The van der Waals surface area contributed by atoms with Gasteiger partial charge in [-0.25, -0.2) is 9.18 Å². The molecule has 1 aromatic carbocycles. The van der Waals surface area contributed by atoms with Crippen molar-refractivity contribution in [3.8, 4) is 5.69 Å². The fourth-order valence-electron chi connectivity index (χ4n) is 2.57. The topological polar surface area (TPSA) is 90.3 Å². The highest BCUT2D eigenvalue weighted by molar-refractivity contribution is 7.16. The number of anilines is 1. The van der Waals surface area contributed by atoms with E-state index >= 15 is 0 Å². The second-order valence-corrected chi connectivity index (χ2v) is 8.17. The Balaban J connectivity index is 2.30. The van der Waals surface area contributed by atoms with E-state index in [9.17, 15) is 18.8 Å². The normalized spacial score (nSPS) is 11.5. The summed E-state index contributed by atoms with van der Waals surface area (Å²) >= 11 is 1.09. The van der Waals surface area contributed by atoms with Crippen LogP contribution in [0.2, 0.25) is 0 Å². The number of hydrogen-bond acceptors (Lipinski definition) is 6. The molecule has 9 heteroatoms. The zero-order valence-corrected chi connectivity index (χ0v) is 17.2. The van der Waals surface area contributed by atoms with Crippen molar-refractivity contribution in [2.45, 2.75) is 27.7 Å².